The maximum Gasteiger partial charge on any atom is 0.276 e. The average Bonchev–Trinajstić information content (AvgIpc) is 2.88. The molecule has 0 aliphatic rings. The van der Waals surface area contributed by atoms with Crippen LogP contribution in [0.5, 0.6) is 0 Å². The lowest BCUT2D eigenvalue weighted by Gasteiger charge is -2.07. The molecular formula is C13H15N3OS. The molecule has 0 saturated carbocycles. The summed E-state index contributed by atoms with van der Waals surface area (Å²) >= 11 is 1.60. The molecule has 0 atom stereocenters. The van der Waals surface area contributed by atoms with Crippen LogP contribution >= 0.6 is 11.8 Å². The first-order valence-corrected chi connectivity index (χ1v) is 6.95. The molecule has 0 radical (unpaired) electrons. The molecule has 2 aromatic rings. The van der Waals surface area contributed by atoms with E-state index in [1.165, 1.54) is 0 Å². The molecule has 1 heterocycles. The van der Waals surface area contributed by atoms with Gasteiger partial charge in [0.1, 0.15) is 0 Å². The SMILES string of the molecule is CCn1ccc(C(=O)Nc2ccccc2SC)n1. The van der Waals surface area contributed by atoms with Crippen molar-refractivity contribution in [3.05, 3.63) is 42.2 Å². The van der Waals surface area contributed by atoms with E-state index in [0.717, 1.165) is 17.1 Å². The van der Waals surface area contributed by atoms with Crippen LogP contribution in [0.2, 0.25) is 0 Å². The molecule has 94 valence electrons. The van der Waals surface area contributed by atoms with Crippen LogP contribution < -0.4 is 5.32 Å². The lowest BCUT2D eigenvalue weighted by Crippen LogP contribution is -2.13. The van der Waals surface area contributed by atoms with Crippen LogP contribution in [0.1, 0.15) is 17.4 Å². The van der Waals surface area contributed by atoms with Crippen molar-refractivity contribution in [2.75, 3.05) is 11.6 Å². The zero-order chi connectivity index (χ0) is 13.0. The van der Waals surface area contributed by atoms with Crippen molar-refractivity contribution in [2.24, 2.45) is 0 Å². The number of nitrogens with zero attached hydrogens (tertiary/aromatic N) is 2. The summed E-state index contributed by atoms with van der Waals surface area (Å²) in [7, 11) is 0. The van der Waals surface area contributed by atoms with Crippen molar-refractivity contribution >= 4 is 23.4 Å². The number of nitrogens with one attached hydrogen (secondary N) is 1. The van der Waals surface area contributed by atoms with E-state index in [0.29, 0.717) is 5.69 Å². The van der Waals surface area contributed by atoms with Gasteiger partial charge in [-0.15, -0.1) is 11.8 Å². The Balaban J connectivity index is 2.16. The highest BCUT2D eigenvalue weighted by Crippen LogP contribution is 2.24. The van der Waals surface area contributed by atoms with Gasteiger partial charge in [0.15, 0.2) is 5.69 Å². The zero-order valence-electron chi connectivity index (χ0n) is 10.4. The Labute approximate surface area is 110 Å². The fourth-order valence-electron chi connectivity index (χ4n) is 1.59. The van der Waals surface area contributed by atoms with Gasteiger partial charge >= 0.3 is 0 Å². The summed E-state index contributed by atoms with van der Waals surface area (Å²) in [5, 5.41) is 7.06. The minimum atomic E-state index is -0.177. The Hall–Kier alpha value is -1.75. The number of rotatable bonds is 4. The molecule has 1 N–H and O–H groups in total. The monoisotopic (exact) mass is 261 g/mol. The number of aryl methyl sites for hydroxylation is 1. The predicted molar refractivity (Wildman–Crippen MR) is 74.1 cm³/mol. The van der Waals surface area contributed by atoms with E-state index in [9.17, 15) is 4.79 Å². The number of anilines is 1. The van der Waals surface area contributed by atoms with Crippen molar-refractivity contribution in [3.8, 4) is 0 Å². The Kier molecular flexibility index (Phi) is 4.04. The number of carbonyl (C=O) groups is 1. The second kappa shape index (κ2) is 5.73. The van der Waals surface area contributed by atoms with Crippen LogP contribution in [0.4, 0.5) is 5.69 Å². The third-order valence-electron chi connectivity index (χ3n) is 2.55. The molecule has 1 aromatic heterocycles. The summed E-state index contributed by atoms with van der Waals surface area (Å²) in [6.07, 6.45) is 3.78. The zero-order valence-corrected chi connectivity index (χ0v) is 11.2. The molecule has 0 spiro atoms. The predicted octanol–water partition coefficient (Wildman–Crippen LogP) is 2.88. The third kappa shape index (κ3) is 2.73. The van der Waals surface area contributed by atoms with E-state index in [4.69, 9.17) is 0 Å². The Bertz CT molecular complexity index is 551. The largest absolute Gasteiger partial charge is 0.320 e. The van der Waals surface area contributed by atoms with Crippen molar-refractivity contribution in [2.45, 2.75) is 18.4 Å². The number of carbonyl (C=O) groups excluding carboxylic acids is 1. The fourth-order valence-corrected chi connectivity index (χ4v) is 2.15. The molecule has 1 amide bonds. The number of amides is 1. The van der Waals surface area contributed by atoms with Gasteiger partial charge in [-0.05, 0) is 31.4 Å². The van der Waals surface area contributed by atoms with E-state index in [1.54, 1.807) is 28.7 Å². The highest BCUT2D eigenvalue weighted by Gasteiger charge is 2.11. The van der Waals surface area contributed by atoms with Crippen LogP contribution in [0.25, 0.3) is 0 Å². The number of benzene rings is 1. The second-order valence-corrected chi connectivity index (χ2v) is 4.56. The number of thioether (sulfide) groups is 1. The van der Waals surface area contributed by atoms with Crippen LogP contribution in [0, 0.1) is 0 Å². The van der Waals surface area contributed by atoms with Crippen molar-refractivity contribution in [1.29, 1.82) is 0 Å². The molecule has 0 unspecified atom stereocenters. The van der Waals surface area contributed by atoms with Gasteiger partial charge in [0.25, 0.3) is 5.91 Å². The van der Waals surface area contributed by atoms with E-state index in [1.807, 2.05) is 37.4 Å². The van der Waals surface area contributed by atoms with Gasteiger partial charge < -0.3 is 5.32 Å². The normalized spacial score (nSPS) is 10.3. The lowest BCUT2D eigenvalue weighted by molar-refractivity contribution is 0.102. The van der Waals surface area contributed by atoms with Crippen LogP contribution in [0.15, 0.2) is 41.4 Å². The van der Waals surface area contributed by atoms with E-state index in [2.05, 4.69) is 10.4 Å². The molecule has 0 aliphatic carbocycles. The minimum Gasteiger partial charge on any atom is -0.320 e. The first kappa shape index (κ1) is 12.7. The highest BCUT2D eigenvalue weighted by molar-refractivity contribution is 7.98. The smallest absolute Gasteiger partial charge is 0.276 e. The van der Waals surface area contributed by atoms with Crippen LogP contribution in [0.3, 0.4) is 0 Å². The minimum absolute atomic E-state index is 0.177. The van der Waals surface area contributed by atoms with E-state index >= 15 is 0 Å². The number of hydrogen-bond acceptors (Lipinski definition) is 3. The second-order valence-electron chi connectivity index (χ2n) is 3.71. The molecule has 0 aliphatic heterocycles. The molecule has 2 rings (SSSR count). The Morgan fingerprint density at radius 3 is 2.83 bits per heavy atom. The van der Waals surface area contributed by atoms with Crippen molar-refractivity contribution in [3.63, 3.8) is 0 Å². The van der Waals surface area contributed by atoms with Crippen molar-refractivity contribution in [1.82, 2.24) is 9.78 Å². The van der Waals surface area contributed by atoms with Gasteiger partial charge in [-0.25, -0.2) is 0 Å². The number of hydrogen-bond donors (Lipinski definition) is 1. The van der Waals surface area contributed by atoms with Gasteiger partial charge in [0.05, 0.1) is 5.69 Å². The molecule has 0 bridgehead atoms. The maximum atomic E-state index is 12.0. The summed E-state index contributed by atoms with van der Waals surface area (Å²) < 4.78 is 1.73. The molecule has 4 nitrogen and oxygen atoms in total. The fraction of sp³-hybridized carbons (Fsp3) is 0.231. The summed E-state index contributed by atoms with van der Waals surface area (Å²) in [4.78, 5) is 13.1. The number of para-hydroxylation sites is 1. The molecule has 0 fully saturated rings. The van der Waals surface area contributed by atoms with Gasteiger partial charge in [-0.3, -0.25) is 9.48 Å². The molecule has 18 heavy (non-hydrogen) atoms. The third-order valence-corrected chi connectivity index (χ3v) is 3.35. The van der Waals surface area contributed by atoms with E-state index in [-0.39, 0.29) is 5.91 Å². The topological polar surface area (TPSA) is 46.9 Å². The number of aromatic nitrogens is 2. The molecular weight excluding hydrogens is 246 g/mol. The van der Waals surface area contributed by atoms with Crippen LogP contribution in [-0.4, -0.2) is 21.9 Å². The summed E-state index contributed by atoms with van der Waals surface area (Å²) in [5.74, 6) is -0.177. The lowest BCUT2D eigenvalue weighted by atomic mass is 10.3. The summed E-state index contributed by atoms with van der Waals surface area (Å²) in [5.41, 5.74) is 1.26. The van der Waals surface area contributed by atoms with Gasteiger partial charge in [-0.2, -0.15) is 5.10 Å². The first-order chi connectivity index (χ1) is 8.74. The summed E-state index contributed by atoms with van der Waals surface area (Å²) in [6, 6.07) is 9.44. The summed E-state index contributed by atoms with van der Waals surface area (Å²) in [6.45, 7) is 2.74. The van der Waals surface area contributed by atoms with E-state index < -0.39 is 0 Å². The molecule has 5 heteroatoms. The Morgan fingerprint density at radius 2 is 2.17 bits per heavy atom. The van der Waals surface area contributed by atoms with Crippen LogP contribution in [-0.2, 0) is 6.54 Å². The highest BCUT2D eigenvalue weighted by atomic mass is 32.2. The average molecular weight is 261 g/mol. The Morgan fingerprint density at radius 1 is 1.39 bits per heavy atom. The van der Waals surface area contributed by atoms with Gasteiger partial charge in [-0.1, -0.05) is 12.1 Å². The van der Waals surface area contributed by atoms with Crippen molar-refractivity contribution < 1.29 is 4.79 Å². The first-order valence-electron chi connectivity index (χ1n) is 5.72. The quantitative estimate of drug-likeness (QED) is 0.861. The maximum absolute atomic E-state index is 12.0. The van der Waals surface area contributed by atoms with Gasteiger partial charge in [0.2, 0.25) is 0 Å². The molecule has 1 aromatic carbocycles. The molecule has 0 saturated heterocycles. The standard InChI is InChI=1S/C13H15N3OS/c1-3-16-9-8-11(15-16)13(17)14-10-6-4-5-7-12(10)18-2/h4-9H,3H2,1-2H3,(H,14,17). The van der Waals surface area contributed by atoms with Gasteiger partial charge in [0, 0.05) is 17.6 Å².